The van der Waals surface area contributed by atoms with Gasteiger partial charge in [0.15, 0.2) is 23.8 Å². The Kier molecular flexibility index (Phi) is 6.26. The highest BCUT2D eigenvalue weighted by Crippen LogP contribution is 2.40. The maximum atomic E-state index is 15.4. The van der Waals surface area contributed by atoms with Crippen LogP contribution in [0.25, 0.3) is 11.2 Å². The van der Waals surface area contributed by atoms with E-state index >= 15 is 4.39 Å². The molecule has 3 heterocycles. The van der Waals surface area contributed by atoms with Crippen molar-refractivity contribution in [2.45, 2.75) is 41.1 Å². The smallest absolute Gasteiger partial charge is 0.303 e. The van der Waals surface area contributed by atoms with Gasteiger partial charge >= 0.3 is 5.97 Å². The normalized spacial score (nSPS) is 24.9. The summed E-state index contributed by atoms with van der Waals surface area (Å²) in [5.41, 5.74) is 4.40. The topological polar surface area (TPSA) is 131 Å². The highest BCUT2D eigenvalue weighted by Gasteiger charge is 2.52. The molecule has 10 nitrogen and oxygen atoms in total. The van der Waals surface area contributed by atoms with Gasteiger partial charge in [-0.1, -0.05) is 0 Å². The number of nitrogens with two attached hydrogens (primary N) is 1. The lowest BCUT2D eigenvalue weighted by molar-refractivity contribution is -0.152. The summed E-state index contributed by atoms with van der Waals surface area (Å²) < 4.78 is 45.9. The average molecular weight is 484 g/mol. The molecule has 1 saturated heterocycles. The van der Waals surface area contributed by atoms with Crippen LogP contribution < -0.4 is 10.5 Å². The number of halogens is 2. The van der Waals surface area contributed by atoms with Gasteiger partial charge < -0.3 is 19.9 Å². The second kappa shape index (κ2) is 8.96. The van der Waals surface area contributed by atoms with Gasteiger partial charge in [-0.05, 0) is 24.3 Å². The van der Waals surface area contributed by atoms with Crippen LogP contribution in [0.3, 0.4) is 0 Å². The first-order valence-electron chi connectivity index (χ1n) is 9.40. The number of hydrogen-bond acceptors (Lipinski definition) is 9. The van der Waals surface area contributed by atoms with E-state index in [0.717, 1.165) is 0 Å². The molecule has 1 aromatic carbocycles. The number of nitrogens with zero attached hydrogens (tertiary/aromatic N) is 4. The van der Waals surface area contributed by atoms with Crippen molar-refractivity contribution in [2.75, 3.05) is 12.8 Å². The zero-order chi connectivity index (χ0) is 23.0. The maximum Gasteiger partial charge on any atom is 0.303 e. The summed E-state index contributed by atoms with van der Waals surface area (Å²) in [4.78, 5) is 24.1. The molecule has 170 valence electrons. The van der Waals surface area contributed by atoms with Crippen molar-refractivity contribution in [3.05, 3.63) is 36.9 Å². The molecule has 0 radical (unpaired) electrons. The number of rotatable bonds is 6. The second-order valence-corrected chi connectivity index (χ2v) is 8.94. The first-order valence-corrected chi connectivity index (χ1v) is 11.0. The van der Waals surface area contributed by atoms with Crippen molar-refractivity contribution in [1.82, 2.24) is 19.5 Å². The molecule has 0 aliphatic carbocycles. The van der Waals surface area contributed by atoms with Gasteiger partial charge in [-0.3, -0.25) is 13.6 Å². The molecule has 1 aliphatic rings. The molecule has 0 saturated carbocycles. The van der Waals surface area contributed by atoms with Gasteiger partial charge in [0.25, 0.3) is 0 Å². The number of carbonyl (C=O) groups is 1. The third-order valence-corrected chi connectivity index (χ3v) is 6.83. The molecule has 13 heteroatoms. The van der Waals surface area contributed by atoms with Gasteiger partial charge in [-0.15, -0.1) is 11.6 Å². The van der Waals surface area contributed by atoms with Crippen molar-refractivity contribution >= 4 is 45.4 Å². The van der Waals surface area contributed by atoms with Crippen molar-refractivity contribution in [2.24, 2.45) is 0 Å². The number of carbonyl (C=O) groups excluding carboxylic acids is 1. The van der Waals surface area contributed by atoms with Gasteiger partial charge in [0, 0.05) is 11.8 Å². The highest BCUT2D eigenvalue weighted by molar-refractivity contribution is 7.85. The third-order valence-electron chi connectivity index (χ3n) is 4.92. The molecule has 1 fully saturated rings. The fourth-order valence-corrected chi connectivity index (χ4v) is 5.01. The van der Waals surface area contributed by atoms with E-state index in [1.54, 1.807) is 12.1 Å². The first kappa shape index (κ1) is 22.4. The standard InChI is InChI=1S/C19H19ClFN5O5S/c1-9(27)30-15-12(20)14(16(21)32(28)11-5-3-10(29-2)4-6-11)31-19(15)26-8-25-13-17(22)23-7-24-18(13)26/h3-8,12,14-16,19H,1-2H3,(H2,22,23,24)/t12-,14+,15-,16?,19-,32?/m1/s1. The summed E-state index contributed by atoms with van der Waals surface area (Å²) in [5, 5.41) is -1.14. The van der Waals surface area contributed by atoms with Crippen molar-refractivity contribution in [3.8, 4) is 5.75 Å². The lowest BCUT2D eigenvalue weighted by Crippen LogP contribution is -2.37. The van der Waals surface area contributed by atoms with Crippen LogP contribution in [0.4, 0.5) is 10.2 Å². The second-order valence-electron chi connectivity index (χ2n) is 6.92. The van der Waals surface area contributed by atoms with Crippen molar-refractivity contribution in [1.29, 1.82) is 0 Å². The van der Waals surface area contributed by atoms with Gasteiger partial charge in [0.05, 0.1) is 24.2 Å². The van der Waals surface area contributed by atoms with Gasteiger partial charge in [0.2, 0.25) is 5.50 Å². The molecule has 32 heavy (non-hydrogen) atoms. The first-order chi connectivity index (χ1) is 15.3. The molecule has 6 atom stereocenters. The largest absolute Gasteiger partial charge is 0.497 e. The van der Waals surface area contributed by atoms with E-state index in [-0.39, 0.29) is 16.4 Å². The van der Waals surface area contributed by atoms with Crippen LogP contribution in [0.5, 0.6) is 5.75 Å². The molecule has 0 spiro atoms. The Labute approximate surface area is 189 Å². The molecule has 2 unspecified atom stereocenters. The number of esters is 1. The van der Waals surface area contributed by atoms with E-state index < -0.39 is 46.1 Å². The van der Waals surface area contributed by atoms with E-state index in [1.807, 2.05) is 0 Å². The summed E-state index contributed by atoms with van der Waals surface area (Å²) in [6.45, 7) is 1.20. The highest BCUT2D eigenvalue weighted by atomic mass is 35.5. The van der Waals surface area contributed by atoms with Crippen molar-refractivity contribution < 1.29 is 27.6 Å². The molecule has 3 aromatic rings. The lowest BCUT2D eigenvalue weighted by atomic mass is 10.2. The number of aromatic nitrogens is 4. The van der Waals surface area contributed by atoms with E-state index in [1.165, 1.54) is 43.4 Å². The average Bonchev–Trinajstić information content (AvgIpc) is 3.35. The van der Waals surface area contributed by atoms with E-state index in [9.17, 15) is 9.00 Å². The van der Waals surface area contributed by atoms with Gasteiger partial charge in [0.1, 0.15) is 29.1 Å². The Balaban J connectivity index is 1.65. The number of methoxy groups -OCH3 is 1. The third kappa shape index (κ3) is 4.00. The SMILES string of the molecule is COc1ccc(S(=O)C(F)[C@H]2O[C@@H](n3cnc4c(N)ncnc43)[C@H](OC(C)=O)[C@@H]2Cl)cc1. The minimum absolute atomic E-state index is 0.138. The molecular formula is C19H19ClFN5O5S. The minimum Gasteiger partial charge on any atom is -0.497 e. The molecule has 2 N–H and O–H groups in total. The number of nitrogen functional groups attached to an aromatic ring is 1. The molecular weight excluding hydrogens is 465 g/mol. The number of anilines is 1. The fourth-order valence-electron chi connectivity index (χ4n) is 3.42. The van der Waals surface area contributed by atoms with Crippen LogP contribution in [0.1, 0.15) is 13.2 Å². The van der Waals surface area contributed by atoms with Gasteiger partial charge in [-0.25, -0.2) is 19.3 Å². The van der Waals surface area contributed by atoms with Crippen LogP contribution in [-0.2, 0) is 25.1 Å². The quantitative estimate of drug-likeness (QED) is 0.412. The van der Waals surface area contributed by atoms with Crippen LogP contribution >= 0.6 is 11.6 Å². The molecule has 0 bridgehead atoms. The van der Waals surface area contributed by atoms with E-state index in [0.29, 0.717) is 11.3 Å². The Morgan fingerprint density at radius 3 is 2.69 bits per heavy atom. The maximum absolute atomic E-state index is 15.4. The summed E-state index contributed by atoms with van der Waals surface area (Å²) in [6, 6.07) is 6.12. The van der Waals surface area contributed by atoms with E-state index in [2.05, 4.69) is 15.0 Å². The molecule has 2 aromatic heterocycles. The minimum atomic E-state index is -2.11. The Morgan fingerprint density at radius 2 is 2.03 bits per heavy atom. The summed E-state index contributed by atoms with van der Waals surface area (Å²) in [6.07, 6.45) is -0.935. The number of fused-ring (bicyclic) bond motifs is 1. The van der Waals surface area contributed by atoms with Crippen LogP contribution in [0, 0.1) is 0 Å². The predicted octanol–water partition coefficient (Wildman–Crippen LogP) is 1.96. The van der Waals surface area contributed by atoms with Crippen molar-refractivity contribution in [3.63, 3.8) is 0 Å². The number of ether oxygens (including phenoxy) is 3. The van der Waals surface area contributed by atoms with Crippen LogP contribution in [0.2, 0.25) is 0 Å². The Hall–Kier alpha value is -2.83. The van der Waals surface area contributed by atoms with Crippen LogP contribution in [-0.4, -0.2) is 59.9 Å². The van der Waals surface area contributed by atoms with E-state index in [4.69, 9.17) is 31.5 Å². The van der Waals surface area contributed by atoms with Crippen LogP contribution in [0.15, 0.2) is 41.8 Å². The molecule has 0 amide bonds. The monoisotopic (exact) mass is 483 g/mol. The number of imidazole rings is 1. The molecule has 1 aliphatic heterocycles. The lowest BCUT2D eigenvalue weighted by Gasteiger charge is -2.20. The summed E-state index contributed by atoms with van der Waals surface area (Å²) in [7, 11) is -0.624. The zero-order valence-corrected chi connectivity index (χ0v) is 18.5. The number of hydrogen-bond donors (Lipinski definition) is 1. The number of benzene rings is 1. The summed E-state index contributed by atoms with van der Waals surface area (Å²) >= 11 is 6.47. The molecule has 4 rings (SSSR count). The van der Waals surface area contributed by atoms with Gasteiger partial charge in [-0.2, -0.15) is 0 Å². The fraction of sp³-hybridized carbons (Fsp3) is 0.368. The summed E-state index contributed by atoms with van der Waals surface area (Å²) in [5.74, 6) is 0.0376. The zero-order valence-electron chi connectivity index (χ0n) is 16.9. The number of alkyl halides is 2. The Morgan fingerprint density at radius 1 is 1.31 bits per heavy atom. The predicted molar refractivity (Wildman–Crippen MR) is 113 cm³/mol. The Bertz CT molecular complexity index is 1160.